The van der Waals surface area contributed by atoms with Gasteiger partial charge in [0.05, 0.1) is 23.6 Å². The quantitative estimate of drug-likeness (QED) is 0.304. The van der Waals surface area contributed by atoms with Crippen molar-refractivity contribution in [2.45, 2.75) is 57.3 Å². The van der Waals surface area contributed by atoms with E-state index in [1.807, 2.05) is 91.6 Å². The lowest BCUT2D eigenvalue weighted by Crippen LogP contribution is -2.49. The summed E-state index contributed by atoms with van der Waals surface area (Å²) in [6.45, 7) is 3.96. The van der Waals surface area contributed by atoms with Crippen molar-refractivity contribution in [2.24, 2.45) is 11.8 Å². The third kappa shape index (κ3) is 4.93. The molecule has 4 heterocycles. The van der Waals surface area contributed by atoms with Gasteiger partial charge in [-0.05, 0) is 43.2 Å². The van der Waals surface area contributed by atoms with Crippen LogP contribution in [0.25, 0.3) is 0 Å². The van der Waals surface area contributed by atoms with Crippen molar-refractivity contribution >= 4 is 23.5 Å². The summed E-state index contributed by atoms with van der Waals surface area (Å²) >= 11 is 0. The second-order valence-corrected chi connectivity index (χ2v) is 11.7. The third-order valence-electron chi connectivity index (χ3n) is 8.44. The molecule has 43 heavy (non-hydrogen) atoms. The van der Waals surface area contributed by atoms with Crippen molar-refractivity contribution in [1.29, 1.82) is 0 Å². The van der Waals surface area contributed by atoms with Crippen molar-refractivity contribution in [3.8, 4) is 0 Å². The summed E-state index contributed by atoms with van der Waals surface area (Å²) in [6, 6.07) is 26.0. The molecule has 4 aliphatic heterocycles. The second kappa shape index (κ2) is 10.8. The highest BCUT2D eigenvalue weighted by Crippen LogP contribution is 2.49. The van der Waals surface area contributed by atoms with Crippen LogP contribution in [0.3, 0.4) is 0 Å². The topological polar surface area (TPSA) is 94.6 Å². The van der Waals surface area contributed by atoms with Gasteiger partial charge in [0.15, 0.2) is 5.79 Å². The van der Waals surface area contributed by atoms with Crippen LogP contribution in [0.2, 0.25) is 0 Å². The first kappa shape index (κ1) is 27.5. The van der Waals surface area contributed by atoms with E-state index in [1.54, 1.807) is 24.3 Å². The van der Waals surface area contributed by atoms with E-state index in [1.165, 1.54) is 4.90 Å². The molecule has 0 N–H and O–H groups in total. The Kier molecular flexibility index (Phi) is 6.88. The number of likely N-dealkylation sites (tertiary alicyclic amines) is 1. The number of imide groups is 1. The predicted octanol–water partition coefficient (Wildman–Crippen LogP) is 4.18. The van der Waals surface area contributed by atoms with Gasteiger partial charge in [-0.25, -0.2) is 4.90 Å². The molecule has 9 nitrogen and oxygen atoms in total. The van der Waals surface area contributed by atoms with E-state index in [0.717, 1.165) is 11.1 Å². The summed E-state index contributed by atoms with van der Waals surface area (Å²) in [6.07, 6.45) is 0.645. The number of esters is 1. The minimum atomic E-state index is -1.03. The van der Waals surface area contributed by atoms with Gasteiger partial charge in [-0.2, -0.15) is 0 Å². The minimum Gasteiger partial charge on any atom is -0.465 e. The molecule has 220 valence electrons. The van der Waals surface area contributed by atoms with Gasteiger partial charge in [0, 0.05) is 6.54 Å². The average Bonchev–Trinajstić information content (AvgIpc) is 3.69. The van der Waals surface area contributed by atoms with Crippen molar-refractivity contribution < 1.29 is 33.3 Å². The summed E-state index contributed by atoms with van der Waals surface area (Å²) in [5, 5.41) is 0. The average molecular weight is 581 g/mol. The van der Waals surface area contributed by atoms with Crippen LogP contribution in [-0.2, 0) is 46.5 Å². The highest BCUT2D eigenvalue weighted by atomic mass is 16.8. The van der Waals surface area contributed by atoms with Crippen molar-refractivity contribution in [2.75, 3.05) is 4.90 Å². The van der Waals surface area contributed by atoms with Crippen LogP contribution in [0.4, 0.5) is 5.69 Å². The summed E-state index contributed by atoms with van der Waals surface area (Å²) in [4.78, 5) is 45.6. The maximum absolute atomic E-state index is 14.2. The van der Waals surface area contributed by atoms with Crippen molar-refractivity contribution in [3.05, 3.63) is 114 Å². The molecular formula is C34H32N2O7. The molecule has 0 spiro atoms. The molecule has 2 amide bonds. The van der Waals surface area contributed by atoms with Gasteiger partial charge in [0.2, 0.25) is 18.1 Å². The Bertz CT molecular complexity index is 1560. The van der Waals surface area contributed by atoms with Crippen LogP contribution < -0.4 is 4.90 Å². The van der Waals surface area contributed by atoms with E-state index >= 15 is 0 Å². The molecule has 9 heteroatoms. The van der Waals surface area contributed by atoms with Crippen LogP contribution in [0.15, 0.2) is 103 Å². The molecular weight excluding hydrogens is 548 g/mol. The van der Waals surface area contributed by atoms with Gasteiger partial charge in [0.25, 0.3) is 0 Å². The Balaban J connectivity index is 1.30. The Labute approximate surface area is 249 Å². The zero-order chi connectivity index (χ0) is 29.7. The van der Waals surface area contributed by atoms with E-state index < -0.39 is 54.0 Å². The van der Waals surface area contributed by atoms with E-state index in [2.05, 4.69) is 0 Å². The van der Waals surface area contributed by atoms with Crippen LogP contribution in [0, 0.1) is 11.8 Å². The predicted molar refractivity (Wildman–Crippen MR) is 155 cm³/mol. The van der Waals surface area contributed by atoms with Crippen LogP contribution >= 0.6 is 0 Å². The summed E-state index contributed by atoms with van der Waals surface area (Å²) in [5.41, 5.74) is 2.20. The fourth-order valence-corrected chi connectivity index (χ4v) is 6.69. The van der Waals surface area contributed by atoms with Crippen molar-refractivity contribution in [3.63, 3.8) is 0 Å². The number of amides is 2. The molecule has 3 aromatic carbocycles. The first-order chi connectivity index (χ1) is 20.8. The summed E-state index contributed by atoms with van der Waals surface area (Å²) in [7, 11) is 0. The number of ether oxygens (including phenoxy) is 4. The smallest absolute Gasteiger partial charge is 0.324 e. The number of benzene rings is 3. The zero-order valence-corrected chi connectivity index (χ0v) is 23.9. The second-order valence-electron chi connectivity index (χ2n) is 11.7. The van der Waals surface area contributed by atoms with E-state index in [4.69, 9.17) is 18.9 Å². The molecule has 3 saturated heterocycles. The fraction of sp³-hybridized carbons (Fsp3) is 0.324. The maximum Gasteiger partial charge on any atom is 0.324 e. The number of hydrogen-bond acceptors (Lipinski definition) is 8. The Morgan fingerprint density at radius 2 is 1.42 bits per heavy atom. The molecule has 0 unspecified atom stereocenters. The van der Waals surface area contributed by atoms with Gasteiger partial charge in [-0.1, -0.05) is 78.9 Å². The number of nitrogens with zero attached hydrogens (tertiary/aromatic N) is 2. The molecule has 0 radical (unpaired) electrons. The van der Waals surface area contributed by atoms with Gasteiger partial charge in [-0.15, -0.1) is 0 Å². The zero-order valence-electron chi connectivity index (χ0n) is 23.9. The molecule has 6 atom stereocenters. The van der Waals surface area contributed by atoms with E-state index in [0.29, 0.717) is 18.0 Å². The van der Waals surface area contributed by atoms with Crippen LogP contribution in [-0.4, -0.2) is 52.9 Å². The third-order valence-corrected chi connectivity index (χ3v) is 8.44. The number of fused-ring (bicyclic) bond motifs is 2. The van der Waals surface area contributed by atoms with Gasteiger partial charge in [0.1, 0.15) is 24.5 Å². The lowest BCUT2D eigenvalue weighted by Gasteiger charge is -2.33. The minimum absolute atomic E-state index is 0.0437. The van der Waals surface area contributed by atoms with E-state index in [9.17, 15) is 14.4 Å². The monoisotopic (exact) mass is 580 g/mol. The molecule has 0 saturated carbocycles. The SMILES string of the molecule is CC1(C)O[C@H]2OC([C@H]3[C@@H]4C(=O)N(c5ccccc5)C(=O)[C@@H]4[C@H](C(=O)OCc4ccccc4)N3Cc3ccccc3)=C[C@H]2O1. The van der Waals surface area contributed by atoms with Gasteiger partial charge >= 0.3 is 5.97 Å². The van der Waals surface area contributed by atoms with Crippen molar-refractivity contribution in [1.82, 2.24) is 4.90 Å². The molecule has 3 fully saturated rings. The standard InChI is InChI=1S/C34H32N2O7/c1-34(2)42-25-18-24(41-33(25)43-34)28-26-27(31(38)36(30(26)37)23-16-10-5-11-17-23)29(35(28)19-21-12-6-3-7-13-21)32(39)40-20-22-14-8-4-9-15-22/h3-18,25-29,33H,19-20H2,1-2H3/t25-,26-,27+,28+,29-,33-/m1/s1. The van der Waals surface area contributed by atoms with Gasteiger partial charge < -0.3 is 18.9 Å². The number of anilines is 1. The largest absolute Gasteiger partial charge is 0.465 e. The van der Waals surface area contributed by atoms with Gasteiger partial charge in [-0.3, -0.25) is 19.3 Å². The van der Waals surface area contributed by atoms with E-state index in [-0.39, 0.29) is 12.5 Å². The molecule has 4 aliphatic rings. The lowest BCUT2D eigenvalue weighted by atomic mass is 9.88. The number of rotatable bonds is 7. The Morgan fingerprint density at radius 1 is 0.814 bits per heavy atom. The fourth-order valence-electron chi connectivity index (χ4n) is 6.69. The molecule has 0 aliphatic carbocycles. The Hall–Kier alpha value is -4.31. The number of carbonyl (C=O) groups is 3. The lowest BCUT2D eigenvalue weighted by molar-refractivity contribution is -0.184. The summed E-state index contributed by atoms with van der Waals surface area (Å²) in [5.74, 6) is -3.63. The maximum atomic E-state index is 14.2. The first-order valence-corrected chi connectivity index (χ1v) is 14.5. The molecule has 0 bridgehead atoms. The number of carbonyl (C=O) groups excluding carboxylic acids is 3. The Morgan fingerprint density at radius 3 is 2.07 bits per heavy atom. The normalized spacial score (nSPS) is 29.3. The molecule has 3 aromatic rings. The van der Waals surface area contributed by atoms with Crippen LogP contribution in [0.1, 0.15) is 25.0 Å². The summed E-state index contributed by atoms with van der Waals surface area (Å²) < 4.78 is 24.1. The first-order valence-electron chi connectivity index (χ1n) is 14.5. The highest BCUT2D eigenvalue weighted by molar-refractivity contribution is 6.23. The number of hydrogen-bond donors (Lipinski definition) is 0. The highest BCUT2D eigenvalue weighted by Gasteiger charge is 2.66. The van der Waals surface area contributed by atoms with Crippen LogP contribution in [0.5, 0.6) is 0 Å². The molecule has 7 rings (SSSR count). The number of para-hydroxylation sites is 1. The molecule has 0 aromatic heterocycles.